The lowest BCUT2D eigenvalue weighted by Crippen LogP contribution is -2.46. The lowest BCUT2D eigenvalue weighted by molar-refractivity contribution is 0.0716. The van der Waals surface area contributed by atoms with Crippen LogP contribution in [0.5, 0.6) is 0 Å². The average Bonchev–Trinajstić information content (AvgIpc) is 3.27. The third-order valence-corrected chi connectivity index (χ3v) is 4.55. The molecule has 5 heteroatoms. The molecule has 2 heterocycles. The molecule has 116 valence electrons. The highest BCUT2D eigenvalue weighted by atomic mass is 16.2. The van der Waals surface area contributed by atoms with Gasteiger partial charge in [0.25, 0.3) is 5.91 Å². The number of nitrogens with one attached hydrogen (secondary N) is 1. The molecule has 1 aliphatic carbocycles. The second-order valence-corrected chi connectivity index (χ2v) is 6.35. The molecular formula is C16H26N4O. The number of aryl methyl sites for hydroxylation is 2. The number of amides is 1. The highest BCUT2D eigenvalue weighted by Crippen LogP contribution is 2.29. The summed E-state index contributed by atoms with van der Waals surface area (Å²) in [5, 5.41) is 7.97. The van der Waals surface area contributed by atoms with Crippen molar-refractivity contribution < 1.29 is 4.79 Å². The van der Waals surface area contributed by atoms with Gasteiger partial charge in [-0.15, -0.1) is 0 Å². The van der Waals surface area contributed by atoms with Crippen LogP contribution in [0.1, 0.15) is 55.1 Å². The molecule has 1 saturated carbocycles. The van der Waals surface area contributed by atoms with E-state index < -0.39 is 0 Å². The van der Waals surface area contributed by atoms with E-state index in [2.05, 4.69) is 22.2 Å². The maximum Gasteiger partial charge on any atom is 0.257 e. The Balaban J connectivity index is 1.74. The fraction of sp³-hybridized carbons (Fsp3) is 0.750. The molecule has 21 heavy (non-hydrogen) atoms. The zero-order chi connectivity index (χ0) is 14.8. The fourth-order valence-electron chi connectivity index (χ4n) is 3.23. The quantitative estimate of drug-likeness (QED) is 0.898. The summed E-state index contributed by atoms with van der Waals surface area (Å²) < 4.78 is 1.76. The highest BCUT2D eigenvalue weighted by molar-refractivity contribution is 5.95. The highest BCUT2D eigenvalue weighted by Gasteiger charge is 2.35. The van der Waals surface area contributed by atoms with E-state index in [1.54, 1.807) is 4.68 Å². The normalized spacial score (nSPS) is 22.3. The first kappa shape index (κ1) is 14.6. The van der Waals surface area contributed by atoms with Crippen molar-refractivity contribution in [2.24, 2.45) is 7.05 Å². The molecule has 1 aromatic heterocycles. The molecule has 1 aromatic rings. The molecule has 0 spiro atoms. The molecule has 1 atom stereocenters. The number of rotatable bonds is 5. The van der Waals surface area contributed by atoms with Crippen molar-refractivity contribution in [3.63, 3.8) is 0 Å². The zero-order valence-electron chi connectivity index (χ0n) is 13.1. The van der Waals surface area contributed by atoms with Gasteiger partial charge in [-0.3, -0.25) is 9.48 Å². The Labute approximate surface area is 126 Å². The van der Waals surface area contributed by atoms with Crippen molar-refractivity contribution in [1.82, 2.24) is 20.0 Å². The summed E-state index contributed by atoms with van der Waals surface area (Å²) in [7, 11) is 1.89. The Kier molecular flexibility index (Phi) is 4.29. The second kappa shape index (κ2) is 6.18. The molecule has 5 nitrogen and oxygen atoms in total. The standard InChI is InChI=1S/C16H26N4O/c1-3-15-14(11-19(2)18-15)16(21)20(13-7-8-13)10-12-6-4-5-9-17-12/h11-13,17H,3-10H2,1-2H3. The fourth-order valence-corrected chi connectivity index (χ4v) is 3.23. The van der Waals surface area contributed by atoms with Crippen molar-refractivity contribution in [2.45, 2.75) is 57.5 Å². The van der Waals surface area contributed by atoms with Crippen molar-refractivity contribution >= 4 is 5.91 Å². The summed E-state index contributed by atoms with van der Waals surface area (Å²) in [6.07, 6.45) is 8.71. The minimum Gasteiger partial charge on any atom is -0.334 e. The summed E-state index contributed by atoms with van der Waals surface area (Å²) in [5.74, 6) is 0.176. The molecule has 3 rings (SSSR count). The Bertz CT molecular complexity index is 500. The Morgan fingerprint density at radius 1 is 1.43 bits per heavy atom. The minimum atomic E-state index is 0.176. The van der Waals surface area contributed by atoms with Gasteiger partial charge < -0.3 is 10.2 Å². The molecular weight excluding hydrogens is 264 g/mol. The van der Waals surface area contributed by atoms with Crippen LogP contribution in [-0.2, 0) is 13.5 Å². The van der Waals surface area contributed by atoms with Crippen LogP contribution in [0.25, 0.3) is 0 Å². The summed E-state index contributed by atoms with van der Waals surface area (Å²) in [6.45, 7) is 4.00. The third kappa shape index (κ3) is 3.28. The smallest absolute Gasteiger partial charge is 0.257 e. The Hall–Kier alpha value is -1.36. The number of carbonyl (C=O) groups is 1. The van der Waals surface area contributed by atoms with Crippen LogP contribution in [0.3, 0.4) is 0 Å². The van der Waals surface area contributed by atoms with Crippen LogP contribution in [0.15, 0.2) is 6.20 Å². The largest absolute Gasteiger partial charge is 0.334 e. The monoisotopic (exact) mass is 290 g/mol. The van der Waals surface area contributed by atoms with Gasteiger partial charge in [-0.25, -0.2) is 0 Å². The summed E-state index contributed by atoms with van der Waals surface area (Å²) in [5.41, 5.74) is 1.72. The van der Waals surface area contributed by atoms with Gasteiger partial charge in [0.05, 0.1) is 11.3 Å². The maximum absolute atomic E-state index is 12.9. The van der Waals surface area contributed by atoms with Gasteiger partial charge in [0.2, 0.25) is 0 Å². The van der Waals surface area contributed by atoms with Crippen molar-refractivity contribution in [2.75, 3.05) is 13.1 Å². The number of nitrogens with zero attached hydrogens (tertiary/aromatic N) is 3. The van der Waals surface area contributed by atoms with Gasteiger partial charge in [0.1, 0.15) is 0 Å². The van der Waals surface area contributed by atoms with E-state index >= 15 is 0 Å². The van der Waals surface area contributed by atoms with Crippen LogP contribution in [0.4, 0.5) is 0 Å². The molecule has 2 aliphatic rings. The lowest BCUT2D eigenvalue weighted by atomic mass is 10.0. The Morgan fingerprint density at radius 2 is 2.24 bits per heavy atom. The maximum atomic E-state index is 12.9. The predicted octanol–water partition coefficient (Wildman–Crippen LogP) is 1.73. The van der Waals surface area contributed by atoms with E-state index in [-0.39, 0.29) is 5.91 Å². The number of hydrogen-bond acceptors (Lipinski definition) is 3. The first-order chi connectivity index (χ1) is 10.2. The van der Waals surface area contributed by atoms with Gasteiger partial charge in [0.15, 0.2) is 0 Å². The van der Waals surface area contributed by atoms with Gasteiger partial charge >= 0.3 is 0 Å². The molecule has 1 amide bonds. The van der Waals surface area contributed by atoms with Crippen LogP contribution in [-0.4, -0.2) is 45.8 Å². The zero-order valence-corrected chi connectivity index (χ0v) is 13.1. The third-order valence-electron chi connectivity index (χ3n) is 4.55. The predicted molar refractivity (Wildman–Crippen MR) is 82.3 cm³/mol. The van der Waals surface area contributed by atoms with Crippen molar-refractivity contribution in [1.29, 1.82) is 0 Å². The van der Waals surface area contributed by atoms with Crippen molar-refractivity contribution in [3.8, 4) is 0 Å². The molecule has 0 bridgehead atoms. The first-order valence-electron chi connectivity index (χ1n) is 8.26. The summed E-state index contributed by atoms with van der Waals surface area (Å²) >= 11 is 0. The number of piperidine rings is 1. The molecule has 0 aromatic carbocycles. The number of hydrogen-bond donors (Lipinski definition) is 1. The average molecular weight is 290 g/mol. The van der Waals surface area contributed by atoms with Crippen LogP contribution < -0.4 is 5.32 Å². The van der Waals surface area contributed by atoms with E-state index in [9.17, 15) is 4.79 Å². The van der Waals surface area contributed by atoms with E-state index in [0.717, 1.165) is 43.6 Å². The number of aromatic nitrogens is 2. The van der Waals surface area contributed by atoms with Gasteiger partial charge in [-0.05, 0) is 38.6 Å². The number of carbonyl (C=O) groups excluding carboxylic acids is 1. The van der Waals surface area contributed by atoms with Crippen LogP contribution >= 0.6 is 0 Å². The lowest BCUT2D eigenvalue weighted by Gasteiger charge is -2.30. The van der Waals surface area contributed by atoms with E-state index in [1.165, 1.54) is 19.3 Å². The van der Waals surface area contributed by atoms with Crippen LogP contribution in [0.2, 0.25) is 0 Å². The van der Waals surface area contributed by atoms with E-state index in [0.29, 0.717) is 12.1 Å². The minimum absolute atomic E-state index is 0.176. The Morgan fingerprint density at radius 3 is 2.86 bits per heavy atom. The SMILES string of the molecule is CCc1nn(C)cc1C(=O)N(CC1CCCCN1)C1CC1. The molecule has 1 saturated heterocycles. The second-order valence-electron chi connectivity index (χ2n) is 6.35. The molecule has 0 radical (unpaired) electrons. The first-order valence-corrected chi connectivity index (χ1v) is 8.26. The van der Waals surface area contributed by atoms with Gasteiger partial charge in [-0.2, -0.15) is 5.10 Å². The summed E-state index contributed by atoms with van der Waals surface area (Å²) in [6, 6.07) is 0.913. The summed E-state index contributed by atoms with van der Waals surface area (Å²) in [4.78, 5) is 15.0. The topological polar surface area (TPSA) is 50.2 Å². The van der Waals surface area contributed by atoms with E-state index in [4.69, 9.17) is 0 Å². The molecule has 1 N–H and O–H groups in total. The van der Waals surface area contributed by atoms with Gasteiger partial charge in [0, 0.05) is 31.9 Å². The van der Waals surface area contributed by atoms with Crippen LogP contribution in [0, 0.1) is 0 Å². The van der Waals surface area contributed by atoms with Gasteiger partial charge in [-0.1, -0.05) is 13.3 Å². The van der Waals surface area contributed by atoms with E-state index in [1.807, 2.05) is 13.2 Å². The van der Waals surface area contributed by atoms with Crippen molar-refractivity contribution in [3.05, 3.63) is 17.5 Å². The molecule has 2 fully saturated rings. The molecule has 1 aliphatic heterocycles. The molecule has 1 unspecified atom stereocenters.